The number of nitrogens with one attached hydrogen (secondary N) is 1. The fraction of sp³-hybridized carbons (Fsp3) is 0.115. The topological polar surface area (TPSA) is 75.7 Å². The van der Waals surface area contributed by atoms with E-state index in [0.29, 0.717) is 36.5 Å². The highest BCUT2D eigenvalue weighted by Crippen LogP contribution is 2.36. The molecule has 0 radical (unpaired) electrons. The average Bonchev–Trinajstić information content (AvgIpc) is 2.79. The van der Waals surface area contributed by atoms with Crippen LogP contribution in [0.3, 0.4) is 0 Å². The van der Waals surface area contributed by atoms with Gasteiger partial charge in [0, 0.05) is 15.1 Å². The molecule has 1 fully saturated rings. The van der Waals surface area contributed by atoms with Gasteiger partial charge in [0.15, 0.2) is 0 Å². The van der Waals surface area contributed by atoms with Gasteiger partial charge in [-0.25, -0.2) is 9.69 Å². The summed E-state index contributed by atoms with van der Waals surface area (Å²) in [7, 11) is 0. The van der Waals surface area contributed by atoms with Gasteiger partial charge in [0.1, 0.15) is 17.9 Å². The number of anilines is 1. The molecule has 35 heavy (non-hydrogen) atoms. The largest absolute Gasteiger partial charge is 0.487 e. The van der Waals surface area contributed by atoms with Gasteiger partial charge < -0.3 is 4.74 Å². The molecule has 4 rings (SSSR count). The molecule has 1 aliphatic rings. The van der Waals surface area contributed by atoms with Crippen molar-refractivity contribution in [2.75, 3.05) is 4.90 Å². The van der Waals surface area contributed by atoms with E-state index < -0.39 is 17.8 Å². The van der Waals surface area contributed by atoms with Crippen molar-refractivity contribution in [2.24, 2.45) is 0 Å². The molecule has 0 aliphatic carbocycles. The van der Waals surface area contributed by atoms with E-state index in [1.54, 1.807) is 37.3 Å². The second kappa shape index (κ2) is 10.4. The van der Waals surface area contributed by atoms with Crippen LogP contribution in [0.4, 0.5) is 10.5 Å². The lowest BCUT2D eigenvalue weighted by Crippen LogP contribution is -2.54. The number of imide groups is 2. The summed E-state index contributed by atoms with van der Waals surface area (Å²) in [5, 5.41) is 2.64. The Morgan fingerprint density at radius 2 is 1.74 bits per heavy atom. The molecule has 6 nitrogen and oxygen atoms in total. The van der Waals surface area contributed by atoms with E-state index in [4.69, 9.17) is 16.3 Å². The lowest BCUT2D eigenvalue weighted by Gasteiger charge is -2.28. The molecule has 1 N–H and O–H groups in total. The molecule has 1 heterocycles. The zero-order chi connectivity index (χ0) is 25.3. The molecule has 1 saturated heterocycles. The zero-order valence-electron chi connectivity index (χ0n) is 18.7. The molecule has 0 spiro atoms. The van der Waals surface area contributed by atoms with E-state index in [2.05, 4.69) is 37.2 Å². The van der Waals surface area contributed by atoms with Gasteiger partial charge in [-0.1, -0.05) is 63.4 Å². The standard InChI is InChI=1S/C26H19Br2ClN2O4/c1-14-6-8-16(9-7-14)13-35-23-17(10-18(27)12-20(23)28)11-19-24(32)30-26(34)31(25(19)33)22-5-3-4-21(29)15(22)2/h3-12H,13H2,1-2H3,(H,30,32,34)/b19-11+. The van der Waals surface area contributed by atoms with Crippen molar-refractivity contribution in [2.45, 2.75) is 20.5 Å². The number of halogens is 3. The predicted molar refractivity (Wildman–Crippen MR) is 143 cm³/mol. The average molecular weight is 619 g/mol. The minimum atomic E-state index is -0.839. The van der Waals surface area contributed by atoms with E-state index in [1.807, 2.05) is 31.2 Å². The van der Waals surface area contributed by atoms with Crippen LogP contribution in [0.25, 0.3) is 6.08 Å². The number of ether oxygens (including phenoxy) is 1. The molecule has 178 valence electrons. The van der Waals surface area contributed by atoms with E-state index in [9.17, 15) is 14.4 Å². The Morgan fingerprint density at radius 3 is 2.46 bits per heavy atom. The maximum absolute atomic E-state index is 13.4. The van der Waals surface area contributed by atoms with Gasteiger partial charge in [0.2, 0.25) is 0 Å². The molecule has 1 aliphatic heterocycles. The maximum atomic E-state index is 13.4. The van der Waals surface area contributed by atoms with Crippen LogP contribution < -0.4 is 15.0 Å². The van der Waals surface area contributed by atoms with Crippen LogP contribution >= 0.6 is 43.5 Å². The second-order valence-electron chi connectivity index (χ2n) is 7.92. The normalized spacial score (nSPS) is 14.9. The minimum absolute atomic E-state index is 0.214. The zero-order valence-corrected chi connectivity index (χ0v) is 22.6. The van der Waals surface area contributed by atoms with Crippen molar-refractivity contribution in [1.82, 2.24) is 5.32 Å². The molecular weight excluding hydrogens is 600 g/mol. The summed E-state index contributed by atoms with van der Waals surface area (Å²) >= 11 is 13.1. The SMILES string of the molecule is Cc1ccc(COc2c(Br)cc(Br)cc2/C=C2\C(=O)NC(=O)N(c3cccc(Cl)c3C)C2=O)cc1. The molecule has 0 aromatic heterocycles. The summed E-state index contributed by atoms with van der Waals surface area (Å²) in [6.07, 6.45) is 1.41. The van der Waals surface area contributed by atoms with E-state index >= 15 is 0 Å². The van der Waals surface area contributed by atoms with Crippen molar-refractivity contribution in [3.8, 4) is 5.75 Å². The van der Waals surface area contributed by atoms with Gasteiger partial charge in [0.05, 0.1) is 10.2 Å². The second-order valence-corrected chi connectivity index (χ2v) is 10.1. The number of amides is 4. The van der Waals surface area contributed by atoms with Gasteiger partial charge in [0.25, 0.3) is 11.8 Å². The van der Waals surface area contributed by atoms with E-state index in [-0.39, 0.29) is 12.2 Å². The van der Waals surface area contributed by atoms with Crippen molar-refractivity contribution in [1.29, 1.82) is 0 Å². The summed E-state index contributed by atoms with van der Waals surface area (Å²) in [4.78, 5) is 39.6. The molecule has 0 saturated carbocycles. The third-order valence-electron chi connectivity index (χ3n) is 5.42. The third-order valence-corrected chi connectivity index (χ3v) is 6.88. The highest BCUT2D eigenvalue weighted by atomic mass is 79.9. The van der Waals surface area contributed by atoms with Crippen LogP contribution in [0, 0.1) is 13.8 Å². The summed E-state index contributed by atoms with van der Waals surface area (Å²) in [5.41, 5.74) is 3.20. The lowest BCUT2D eigenvalue weighted by atomic mass is 10.0. The predicted octanol–water partition coefficient (Wildman–Crippen LogP) is 6.73. The maximum Gasteiger partial charge on any atom is 0.335 e. The fourth-order valence-corrected chi connectivity index (χ4v) is 5.09. The fourth-order valence-electron chi connectivity index (χ4n) is 3.55. The Hall–Kier alpha value is -2.94. The van der Waals surface area contributed by atoms with Crippen molar-refractivity contribution in [3.05, 3.63) is 96.4 Å². The van der Waals surface area contributed by atoms with Crippen molar-refractivity contribution < 1.29 is 19.1 Å². The first kappa shape index (κ1) is 25.2. The first-order valence-electron chi connectivity index (χ1n) is 10.5. The van der Waals surface area contributed by atoms with Crippen LogP contribution in [0.15, 0.2) is 69.1 Å². The smallest absolute Gasteiger partial charge is 0.335 e. The molecule has 0 atom stereocenters. The number of barbiturate groups is 1. The molecule has 0 bridgehead atoms. The first-order chi connectivity index (χ1) is 16.7. The summed E-state index contributed by atoms with van der Waals surface area (Å²) in [6.45, 7) is 3.98. The Morgan fingerprint density at radius 1 is 1.03 bits per heavy atom. The van der Waals surface area contributed by atoms with Crippen LogP contribution in [0.5, 0.6) is 5.75 Å². The monoisotopic (exact) mass is 616 g/mol. The molecule has 9 heteroatoms. The van der Waals surface area contributed by atoms with Crippen LogP contribution in [-0.4, -0.2) is 17.8 Å². The number of carbonyl (C=O) groups excluding carboxylic acids is 3. The van der Waals surface area contributed by atoms with Crippen molar-refractivity contribution >= 4 is 73.1 Å². The Kier molecular flexibility index (Phi) is 7.44. The van der Waals surface area contributed by atoms with Gasteiger partial charge >= 0.3 is 6.03 Å². The quantitative estimate of drug-likeness (QED) is 0.254. The van der Waals surface area contributed by atoms with Gasteiger partial charge in [-0.2, -0.15) is 0 Å². The van der Waals surface area contributed by atoms with Gasteiger partial charge in [-0.15, -0.1) is 0 Å². The number of hydrogen-bond acceptors (Lipinski definition) is 4. The lowest BCUT2D eigenvalue weighted by molar-refractivity contribution is -0.122. The number of aryl methyl sites for hydroxylation is 1. The number of carbonyl (C=O) groups is 3. The van der Waals surface area contributed by atoms with E-state index in [1.165, 1.54) is 6.08 Å². The summed E-state index contributed by atoms with van der Waals surface area (Å²) < 4.78 is 7.42. The number of nitrogens with zero attached hydrogens (tertiary/aromatic N) is 1. The van der Waals surface area contributed by atoms with Crippen LogP contribution in [0.1, 0.15) is 22.3 Å². The highest BCUT2D eigenvalue weighted by molar-refractivity contribution is 9.11. The Bertz CT molecular complexity index is 1390. The highest BCUT2D eigenvalue weighted by Gasteiger charge is 2.38. The number of urea groups is 1. The molecular formula is C26H19Br2ClN2O4. The molecule has 3 aromatic rings. The molecule has 0 unspecified atom stereocenters. The minimum Gasteiger partial charge on any atom is -0.487 e. The molecule has 3 aromatic carbocycles. The van der Waals surface area contributed by atoms with Crippen LogP contribution in [0.2, 0.25) is 5.02 Å². The first-order valence-corrected chi connectivity index (χ1v) is 12.5. The summed E-state index contributed by atoms with van der Waals surface area (Å²) in [5.74, 6) is -1.11. The Balaban J connectivity index is 1.73. The Labute approximate surface area is 224 Å². The van der Waals surface area contributed by atoms with Gasteiger partial charge in [-0.05, 0) is 71.2 Å². The third kappa shape index (κ3) is 5.34. The number of rotatable bonds is 5. The number of benzene rings is 3. The van der Waals surface area contributed by atoms with Crippen LogP contribution in [-0.2, 0) is 16.2 Å². The van der Waals surface area contributed by atoms with E-state index in [0.717, 1.165) is 16.0 Å². The van der Waals surface area contributed by atoms with Gasteiger partial charge in [-0.3, -0.25) is 14.9 Å². The number of hydrogen-bond donors (Lipinski definition) is 1. The molecule has 4 amide bonds. The summed E-state index contributed by atoms with van der Waals surface area (Å²) in [6, 6.07) is 15.5. The van der Waals surface area contributed by atoms with Crippen molar-refractivity contribution in [3.63, 3.8) is 0 Å².